The number of alkyl halides is 3. The SMILES string of the molecule is NC(=O)c1cccc(CNc2cccc(C(F)(F)F)n2)c1. The van der Waals surface area contributed by atoms with Crippen LogP contribution in [0.4, 0.5) is 19.0 Å². The molecule has 1 aromatic carbocycles. The molecule has 0 aliphatic heterocycles. The Hall–Kier alpha value is -2.57. The van der Waals surface area contributed by atoms with Gasteiger partial charge >= 0.3 is 6.18 Å². The Bertz CT molecular complexity index is 656. The summed E-state index contributed by atoms with van der Waals surface area (Å²) < 4.78 is 37.6. The number of carbonyl (C=O) groups excluding carboxylic acids is 1. The van der Waals surface area contributed by atoms with Gasteiger partial charge in [-0.2, -0.15) is 13.2 Å². The first-order valence-electron chi connectivity index (χ1n) is 6.03. The number of carbonyl (C=O) groups is 1. The smallest absolute Gasteiger partial charge is 0.366 e. The molecule has 0 saturated carbocycles. The monoisotopic (exact) mass is 295 g/mol. The molecule has 0 saturated heterocycles. The van der Waals surface area contributed by atoms with Crippen molar-refractivity contribution in [1.82, 2.24) is 4.98 Å². The Morgan fingerprint density at radius 3 is 2.57 bits per heavy atom. The molecule has 3 N–H and O–H groups in total. The van der Waals surface area contributed by atoms with Gasteiger partial charge in [0.1, 0.15) is 11.5 Å². The topological polar surface area (TPSA) is 68.0 Å². The maximum Gasteiger partial charge on any atom is 0.433 e. The van der Waals surface area contributed by atoms with E-state index in [2.05, 4.69) is 10.3 Å². The number of hydrogen-bond acceptors (Lipinski definition) is 3. The van der Waals surface area contributed by atoms with Crippen molar-refractivity contribution in [2.24, 2.45) is 5.73 Å². The second-order valence-corrected chi connectivity index (χ2v) is 4.32. The molecule has 0 atom stereocenters. The number of hydrogen-bond donors (Lipinski definition) is 2. The number of amides is 1. The fourth-order valence-electron chi connectivity index (χ4n) is 1.72. The van der Waals surface area contributed by atoms with Crippen LogP contribution in [0.5, 0.6) is 0 Å². The molecule has 0 aliphatic rings. The average molecular weight is 295 g/mol. The van der Waals surface area contributed by atoms with Crippen molar-refractivity contribution in [2.45, 2.75) is 12.7 Å². The summed E-state index contributed by atoms with van der Waals surface area (Å²) in [6.45, 7) is 0.232. The van der Waals surface area contributed by atoms with Crippen molar-refractivity contribution in [2.75, 3.05) is 5.32 Å². The van der Waals surface area contributed by atoms with E-state index in [1.807, 2.05) is 0 Å². The molecule has 1 heterocycles. The van der Waals surface area contributed by atoms with Gasteiger partial charge in [0.2, 0.25) is 5.91 Å². The lowest BCUT2D eigenvalue weighted by Crippen LogP contribution is -2.12. The zero-order chi connectivity index (χ0) is 15.5. The maximum atomic E-state index is 12.5. The Morgan fingerprint density at radius 2 is 1.90 bits per heavy atom. The fraction of sp³-hybridized carbons (Fsp3) is 0.143. The van der Waals surface area contributed by atoms with Gasteiger partial charge in [0.25, 0.3) is 0 Å². The van der Waals surface area contributed by atoms with Gasteiger partial charge in [-0.15, -0.1) is 0 Å². The summed E-state index contributed by atoms with van der Waals surface area (Å²) in [4.78, 5) is 14.5. The van der Waals surface area contributed by atoms with Crippen LogP contribution < -0.4 is 11.1 Å². The molecule has 110 valence electrons. The third-order valence-electron chi connectivity index (χ3n) is 2.72. The molecule has 0 fully saturated rings. The van der Waals surface area contributed by atoms with Crippen LogP contribution in [-0.4, -0.2) is 10.9 Å². The number of primary amides is 1. The highest BCUT2D eigenvalue weighted by atomic mass is 19.4. The van der Waals surface area contributed by atoms with E-state index in [0.717, 1.165) is 6.07 Å². The molecule has 0 radical (unpaired) electrons. The molecule has 7 heteroatoms. The van der Waals surface area contributed by atoms with Crippen LogP contribution in [0.2, 0.25) is 0 Å². The second-order valence-electron chi connectivity index (χ2n) is 4.32. The minimum absolute atomic E-state index is 0.106. The van der Waals surface area contributed by atoms with Crippen molar-refractivity contribution in [3.63, 3.8) is 0 Å². The Labute approximate surface area is 118 Å². The number of nitrogens with zero attached hydrogens (tertiary/aromatic N) is 1. The molecular weight excluding hydrogens is 283 g/mol. The number of nitrogens with two attached hydrogens (primary N) is 1. The first kappa shape index (κ1) is 14.8. The molecule has 2 aromatic rings. The van der Waals surface area contributed by atoms with E-state index in [1.54, 1.807) is 24.3 Å². The standard InChI is InChI=1S/C14H12F3N3O/c15-14(16,17)11-5-2-6-12(20-11)19-8-9-3-1-4-10(7-9)13(18)21/h1-7H,8H2,(H2,18,21)(H,19,20). The Kier molecular flexibility index (Phi) is 4.11. The van der Waals surface area contributed by atoms with Crippen LogP contribution in [0.25, 0.3) is 0 Å². The summed E-state index contributed by atoms with van der Waals surface area (Å²) >= 11 is 0. The zero-order valence-electron chi connectivity index (χ0n) is 10.8. The van der Waals surface area contributed by atoms with Gasteiger partial charge in [0.05, 0.1) is 0 Å². The zero-order valence-corrected chi connectivity index (χ0v) is 10.8. The van der Waals surface area contributed by atoms with Gasteiger partial charge in [-0.3, -0.25) is 4.79 Å². The fourth-order valence-corrected chi connectivity index (χ4v) is 1.72. The molecule has 0 bridgehead atoms. The summed E-state index contributed by atoms with van der Waals surface area (Å²) in [5.74, 6) is -0.455. The Morgan fingerprint density at radius 1 is 1.19 bits per heavy atom. The third-order valence-corrected chi connectivity index (χ3v) is 2.72. The largest absolute Gasteiger partial charge is 0.433 e. The number of benzene rings is 1. The van der Waals surface area contributed by atoms with Gasteiger partial charge in [-0.1, -0.05) is 18.2 Å². The van der Waals surface area contributed by atoms with Crippen molar-refractivity contribution in [3.8, 4) is 0 Å². The van der Waals surface area contributed by atoms with E-state index >= 15 is 0 Å². The highest BCUT2D eigenvalue weighted by Crippen LogP contribution is 2.28. The van der Waals surface area contributed by atoms with Gasteiger partial charge in [-0.25, -0.2) is 4.98 Å². The summed E-state index contributed by atoms with van der Waals surface area (Å²) in [5, 5.41) is 2.78. The average Bonchev–Trinajstić information content (AvgIpc) is 2.45. The van der Waals surface area contributed by atoms with Gasteiger partial charge in [0.15, 0.2) is 0 Å². The van der Waals surface area contributed by atoms with Gasteiger partial charge in [0, 0.05) is 12.1 Å². The van der Waals surface area contributed by atoms with E-state index in [0.29, 0.717) is 11.1 Å². The first-order valence-corrected chi connectivity index (χ1v) is 6.03. The quantitative estimate of drug-likeness (QED) is 0.911. The number of rotatable bonds is 4. The van der Waals surface area contributed by atoms with Crippen molar-refractivity contribution >= 4 is 11.7 Å². The number of nitrogens with one attached hydrogen (secondary N) is 1. The molecular formula is C14H12F3N3O. The Balaban J connectivity index is 2.10. The van der Waals surface area contributed by atoms with E-state index in [-0.39, 0.29) is 12.4 Å². The van der Waals surface area contributed by atoms with Crippen LogP contribution in [-0.2, 0) is 12.7 Å². The highest BCUT2D eigenvalue weighted by Gasteiger charge is 2.32. The molecule has 21 heavy (non-hydrogen) atoms. The number of aromatic nitrogens is 1. The van der Waals surface area contributed by atoms with E-state index < -0.39 is 17.8 Å². The van der Waals surface area contributed by atoms with Crippen molar-refractivity contribution < 1.29 is 18.0 Å². The molecule has 0 unspecified atom stereocenters. The number of anilines is 1. The van der Waals surface area contributed by atoms with E-state index in [9.17, 15) is 18.0 Å². The molecule has 2 rings (SSSR count). The summed E-state index contributed by atoms with van der Waals surface area (Å²) in [5.41, 5.74) is 5.25. The minimum atomic E-state index is -4.48. The lowest BCUT2D eigenvalue weighted by Gasteiger charge is -2.10. The van der Waals surface area contributed by atoms with Crippen LogP contribution in [0, 0.1) is 0 Å². The number of pyridine rings is 1. The highest BCUT2D eigenvalue weighted by molar-refractivity contribution is 5.92. The van der Waals surface area contributed by atoms with Crippen LogP contribution in [0.3, 0.4) is 0 Å². The number of halogens is 3. The van der Waals surface area contributed by atoms with E-state index in [4.69, 9.17) is 5.73 Å². The molecule has 4 nitrogen and oxygen atoms in total. The van der Waals surface area contributed by atoms with Gasteiger partial charge in [-0.05, 0) is 29.8 Å². The normalized spacial score (nSPS) is 11.2. The maximum absolute atomic E-state index is 12.5. The van der Waals surface area contributed by atoms with Crippen LogP contribution >= 0.6 is 0 Å². The molecule has 0 spiro atoms. The minimum Gasteiger partial charge on any atom is -0.366 e. The molecule has 1 aromatic heterocycles. The first-order chi connectivity index (χ1) is 9.86. The molecule has 0 aliphatic carbocycles. The lowest BCUT2D eigenvalue weighted by atomic mass is 10.1. The predicted molar refractivity (Wildman–Crippen MR) is 71.5 cm³/mol. The van der Waals surface area contributed by atoms with Crippen LogP contribution in [0.1, 0.15) is 21.6 Å². The summed E-state index contributed by atoms with van der Waals surface area (Å²) in [6.07, 6.45) is -4.48. The van der Waals surface area contributed by atoms with E-state index in [1.165, 1.54) is 12.1 Å². The summed E-state index contributed by atoms with van der Waals surface area (Å²) in [6, 6.07) is 10.1. The molecule has 1 amide bonds. The van der Waals surface area contributed by atoms with Gasteiger partial charge < -0.3 is 11.1 Å². The predicted octanol–water partition coefficient (Wildman–Crippen LogP) is 2.81. The third kappa shape index (κ3) is 3.95. The second kappa shape index (κ2) is 5.82. The van der Waals surface area contributed by atoms with Crippen LogP contribution in [0.15, 0.2) is 42.5 Å². The lowest BCUT2D eigenvalue weighted by molar-refractivity contribution is -0.141. The summed E-state index contributed by atoms with van der Waals surface area (Å²) in [7, 11) is 0. The van der Waals surface area contributed by atoms with Crippen molar-refractivity contribution in [1.29, 1.82) is 0 Å². The van der Waals surface area contributed by atoms with Crippen molar-refractivity contribution in [3.05, 3.63) is 59.3 Å².